The van der Waals surface area contributed by atoms with Crippen LogP contribution in [0.15, 0.2) is 52.4 Å². The van der Waals surface area contributed by atoms with Crippen LogP contribution in [-0.4, -0.2) is 16.2 Å². The maximum atomic E-state index is 12.0. The first-order chi connectivity index (χ1) is 9.28. The van der Waals surface area contributed by atoms with Crippen LogP contribution in [0.4, 0.5) is 0 Å². The largest absolute Gasteiger partial charge is 0.279 e. The summed E-state index contributed by atoms with van der Waals surface area (Å²) >= 11 is 3.10. The number of pyridine rings is 1. The Morgan fingerprint density at radius 2 is 2.05 bits per heavy atom. The van der Waals surface area contributed by atoms with Gasteiger partial charge in [0.15, 0.2) is 0 Å². The Balaban J connectivity index is 2.22. The van der Waals surface area contributed by atoms with Gasteiger partial charge in [-0.25, -0.2) is 4.98 Å². The maximum absolute atomic E-state index is 12.0. The van der Waals surface area contributed by atoms with Gasteiger partial charge in [-0.05, 0) is 30.5 Å². The van der Waals surface area contributed by atoms with Crippen LogP contribution in [0.5, 0.6) is 0 Å². The van der Waals surface area contributed by atoms with Gasteiger partial charge in [-0.2, -0.15) is 4.98 Å². The molecule has 3 rings (SSSR count). The molecule has 2 aromatic heterocycles. The summed E-state index contributed by atoms with van der Waals surface area (Å²) in [4.78, 5) is 20.4. The van der Waals surface area contributed by atoms with E-state index in [4.69, 9.17) is 0 Å². The summed E-state index contributed by atoms with van der Waals surface area (Å²) in [6.07, 6.45) is 3.72. The summed E-state index contributed by atoms with van der Waals surface area (Å²) < 4.78 is 0.958. The zero-order valence-corrected chi connectivity index (χ0v) is 11.8. The molecule has 1 aromatic carbocycles. The number of rotatable bonds is 2. The molecule has 0 saturated carbocycles. The van der Waals surface area contributed by atoms with E-state index in [0.29, 0.717) is 5.39 Å². The summed E-state index contributed by atoms with van der Waals surface area (Å²) in [6.45, 7) is 0. The Morgan fingerprint density at radius 3 is 2.89 bits per heavy atom. The van der Waals surface area contributed by atoms with Crippen molar-refractivity contribution in [3.63, 3.8) is 0 Å². The zero-order valence-electron chi connectivity index (χ0n) is 10.2. The summed E-state index contributed by atoms with van der Waals surface area (Å²) in [6, 6.07) is 11.4. The van der Waals surface area contributed by atoms with Crippen molar-refractivity contribution in [1.29, 1.82) is 0 Å². The van der Waals surface area contributed by atoms with Crippen LogP contribution < -0.4 is 5.56 Å². The molecule has 0 N–H and O–H groups in total. The summed E-state index contributed by atoms with van der Waals surface area (Å²) in [5.74, 6) is 0. The van der Waals surface area contributed by atoms with Gasteiger partial charge in [0.05, 0.1) is 10.4 Å². The average molecular weight is 286 g/mol. The first kappa shape index (κ1) is 12.3. The van der Waals surface area contributed by atoms with Crippen molar-refractivity contribution in [1.82, 2.24) is 9.97 Å². The van der Waals surface area contributed by atoms with Gasteiger partial charge in [-0.15, -0.1) is 23.1 Å². The quantitative estimate of drug-likeness (QED) is 0.677. The lowest BCUT2D eigenvalue weighted by Crippen LogP contribution is -2.05. The van der Waals surface area contributed by atoms with Crippen LogP contribution in [0, 0.1) is 0 Å². The fourth-order valence-corrected chi connectivity index (χ4v) is 3.19. The van der Waals surface area contributed by atoms with Gasteiger partial charge in [0.2, 0.25) is 0 Å². The highest BCUT2D eigenvalue weighted by atomic mass is 32.2. The van der Waals surface area contributed by atoms with Gasteiger partial charge in [0.25, 0.3) is 5.56 Å². The molecular weight excluding hydrogens is 276 g/mol. The lowest BCUT2D eigenvalue weighted by molar-refractivity contribution is 1.14. The van der Waals surface area contributed by atoms with Gasteiger partial charge < -0.3 is 0 Å². The topological polar surface area (TPSA) is 42.9 Å². The van der Waals surface area contributed by atoms with Gasteiger partial charge in [-0.3, -0.25) is 4.79 Å². The Labute approximate surface area is 118 Å². The second kappa shape index (κ2) is 5.11. The van der Waals surface area contributed by atoms with E-state index >= 15 is 0 Å². The van der Waals surface area contributed by atoms with Gasteiger partial charge >= 0.3 is 0 Å². The SMILES string of the molecule is CSc1cc(-c2nc(=O)c3ccccc3s2)ccn1. The molecule has 0 saturated heterocycles. The molecule has 0 unspecified atom stereocenters. The summed E-state index contributed by atoms with van der Waals surface area (Å²) in [5, 5.41) is 2.34. The highest BCUT2D eigenvalue weighted by Gasteiger charge is 2.07. The highest BCUT2D eigenvalue weighted by Crippen LogP contribution is 2.27. The molecule has 5 heteroatoms. The predicted octanol–water partition coefficient (Wildman–Crippen LogP) is 3.44. The van der Waals surface area contributed by atoms with Crippen LogP contribution in [0.2, 0.25) is 0 Å². The van der Waals surface area contributed by atoms with Gasteiger partial charge in [0, 0.05) is 16.5 Å². The van der Waals surface area contributed by atoms with Crippen LogP contribution in [-0.2, 0) is 0 Å². The van der Waals surface area contributed by atoms with Crippen molar-refractivity contribution in [2.45, 2.75) is 5.03 Å². The fraction of sp³-hybridized carbons (Fsp3) is 0.0714. The Bertz CT molecular complexity index is 799. The molecule has 3 aromatic rings. The van der Waals surface area contributed by atoms with Crippen LogP contribution in [0.25, 0.3) is 20.7 Å². The lowest BCUT2D eigenvalue weighted by Gasteiger charge is -2.02. The normalized spacial score (nSPS) is 10.8. The lowest BCUT2D eigenvalue weighted by atomic mass is 10.2. The average Bonchev–Trinajstić information content (AvgIpc) is 2.47. The Hall–Kier alpha value is -1.72. The standard InChI is InChI=1S/C14H10N2OS2/c1-18-12-8-9(6-7-15-12)14-16-13(17)10-4-2-3-5-11(10)19-14/h2-8H,1H3. The van der Waals surface area contributed by atoms with Crippen LogP contribution in [0.1, 0.15) is 0 Å². The molecule has 0 fully saturated rings. The maximum Gasteiger partial charge on any atom is 0.279 e. The molecule has 0 radical (unpaired) electrons. The third-order valence-electron chi connectivity index (χ3n) is 2.72. The first-order valence-corrected chi connectivity index (χ1v) is 7.72. The van der Waals surface area contributed by atoms with Crippen molar-refractivity contribution in [2.24, 2.45) is 0 Å². The zero-order chi connectivity index (χ0) is 13.2. The fourth-order valence-electron chi connectivity index (χ4n) is 1.79. The number of nitrogens with zero attached hydrogens (tertiary/aromatic N) is 2. The summed E-state index contributed by atoms with van der Waals surface area (Å²) in [5.41, 5.74) is 0.763. The summed E-state index contributed by atoms with van der Waals surface area (Å²) in [7, 11) is 0. The van der Waals surface area contributed by atoms with Crippen LogP contribution in [0.3, 0.4) is 0 Å². The van der Waals surface area contributed by atoms with Crippen molar-refractivity contribution < 1.29 is 0 Å². The third kappa shape index (κ3) is 2.39. The minimum atomic E-state index is -0.174. The number of thioether (sulfide) groups is 1. The molecule has 0 bridgehead atoms. The minimum absolute atomic E-state index is 0.174. The number of aromatic nitrogens is 2. The third-order valence-corrected chi connectivity index (χ3v) is 4.46. The first-order valence-electron chi connectivity index (χ1n) is 5.68. The van der Waals surface area contributed by atoms with Crippen molar-refractivity contribution in [3.05, 3.63) is 52.9 Å². The number of hydrogen-bond acceptors (Lipinski definition) is 5. The molecule has 0 aliphatic heterocycles. The molecule has 2 heterocycles. The second-order valence-electron chi connectivity index (χ2n) is 3.91. The van der Waals surface area contributed by atoms with E-state index < -0.39 is 0 Å². The Kier molecular flexibility index (Phi) is 3.31. The molecule has 3 nitrogen and oxygen atoms in total. The second-order valence-corrected chi connectivity index (χ2v) is 5.76. The predicted molar refractivity (Wildman–Crippen MR) is 80.9 cm³/mol. The van der Waals surface area contributed by atoms with Crippen LogP contribution >= 0.6 is 23.1 Å². The van der Waals surface area contributed by atoms with Gasteiger partial charge in [-0.1, -0.05) is 12.1 Å². The van der Waals surface area contributed by atoms with Crippen molar-refractivity contribution in [3.8, 4) is 10.6 Å². The van der Waals surface area contributed by atoms with E-state index in [1.807, 2.05) is 42.7 Å². The molecule has 0 spiro atoms. The molecule has 0 atom stereocenters. The number of benzene rings is 1. The van der Waals surface area contributed by atoms with E-state index in [-0.39, 0.29) is 5.56 Å². The number of fused-ring (bicyclic) bond motifs is 1. The van der Waals surface area contributed by atoms with E-state index in [1.165, 1.54) is 11.3 Å². The number of hydrogen-bond donors (Lipinski definition) is 0. The highest BCUT2D eigenvalue weighted by molar-refractivity contribution is 7.98. The Morgan fingerprint density at radius 1 is 1.21 bits per heavy atom. The van der Waals surface area contributed by atoms with Crippen molar-refractivity contribution >= 4 is 33.2 Å². The molecule has 0 amide bonds. The van der Waals surface area contributed by atoms with Crippen molar-refractivity contribution in [2.75, 3.05) is 6.26 Å². The monoisotopic (exact) mass is 286 g/mol. The van der Waals surface area contributed by atoms with E-state index in [1.54, 1.807) is 18.0 Å². The molecule has 0 aliphatic rings. The smallest absolute Gasteiger partial charge is 0.267 e. The molecular formula is C14H10N2OS2. The van der Waals surface area contributed by atoms with E-state index in [9.17, 15) is 4.79 Å². The molecule has 0 aliphatic carbocycles. The minimum Gasteiger partial charge on any atom is -0.267 e. The van der Waals surface area contributed by atoms with E-state index in [0.717, 1.165) is 20.3 Å². The molecule has 19 heavy (non-hydrogen) atoms. The van der Waals surface area contributed by atoms with Gasteiger partial charge in [0.1, 0.15) is 5.01 Å². The molecule has 94 valence electrons. The van der Waals surface area contributed by atoms with E-state index in [2.05, 4.69) is 9.97 Å².